The standard InChI is InChI=1S/C27H25N3O3/c1-19(31)21-3-9-25(10-4-21)30-26-11-2-20(16-23(26)18-28-30)17-27(32)22-5-7-24(8-6-22)29-12-14-33-15-13-29/h2-11,16,18H,12-15,17H2,1H3. The molecule has 1 aromatic heterocycles. The first-order chi connectivity index (χ1) is 16.1. The van der Waals surface area contributed by atoms with Crippen LogP contribution < -0.4 is 4.90 Å². The largest absolute Gasteiger partial charge is 0.378 e. The normalized spacial score (nSPS) is 13.9. The SMILES string of the molecule is CC(=O)c1ccc(-n2ncc3cc(CC(=O)c4ccc(N5CCOCC5)cc4)ccc32)cc1. The Morgan fingerprint density at radius 3 is 2.24 bits per heavy atom. The average Bonchev–Trinajstić information content (AvgIpc) is 3.28. The molecule has 0 amide bonds. The van der Waals surface area contributed by atoms with Gasteiger partial charge in [-0.1, -0.05) is 6.07 Å². The molecule has 0 radical (unpaired) electrons. The Morgan fingerprint density at radius 2 is 1.55 bits per heavy atom. The van der Waals surface area contributed by atoms with Crippen molar-refractivity contribution in [3.05, 3.63) is 89.6 Å². The van der Waals surface area contributed by atoms with Gasteiger partial charge in [0.05, 0.1) is 30.6 Å². The van der Waals surface area contributed by atoms with Crippen LogP contribution in [0, 0.1) is 0 Å². The number of aromatic nitrogens is 2. The Kier molecular flexibility index (Phi) is 5.75. The third-order valence-corrected chi connectivity index (χ3v) is 6.08. The van der Waals surface area contributed by atoms with Gasteiger partial charge < -0.3 is 9.64 Å². The number of ketones is 2. The van der Waals surface area contributed by atoms with E-state index in [-0.39, 0.29) is 11.6 Å². The monoisotopic (exact) mass is 439 g/mol. The number of ether oxygens (including phenoxy) is 1. The van der Waals surface area contributed by atoms with Gasteiger partial charge in [0.2, 0.25) is 0 Å². The van der Waals surface area contributed by atoms with Crippen LogP contribution in [0.1, 0.15) is 33.2 Å². The van der Waals surface area contributed by atoms with Crippen LogP contribution in [-0.2, 0) is 11.2 Å². The summed E-state index contributed by atoms with van der Waals surface area (Å²) in [7, 11) is 0. The first kappa shape index (κ1) is 21.1. The molecule has 2 heterocycles. The number of hydrogen-bond donors (Lipinski definition) is 0. The Hall–Kier alpha value is -3.77. The summed E-state index contributed by atoms with van der Waals surface area (Å²) in [6.07, 6.45) is 2.14. The van der Waals surface area contributed by atoms with Gasteiger partial charge in [-0.2, -0.15) is 5.10 Å². The third-order valence-electron chi connectivity index (χ3n) is 6.08. The number of carbonyl (C=O) groups excluding carboxylic acids is 2. The molecule has 1 aliphatic rings. The van der Waals surface area contributed by atoms with Gasteiger partial charge in [0.1, 0.15) is 0 Å². The van der Waals surface area contributed by atoms with Gasteiger partial charge in [-0.3, -0.25) is 9.59 Å². The molecule has 6 heteroatoms. The number of hydrogen-bond acceptors (Lipinski definition) is 5. The molecular formula is C27H25N3O3. The molecule has 1 fully saturated rings. The Labute approximate surface area is 192 Å². The first-order valence-electron chi connectivity index (χ1n) is 11.1. The summed E-state index contributed by atoms with van der Waals surface area (Å²) in [5.41, 5.74) is 5.31. The molecule has 166 valence electrons. The van der Waals surface area contributed by atoms with E-state index in [2.05, 4.69) is 10.00 Å². The van der Waals surface area contributed by atoms with Crippen LogP contribution in [0.5, 0.6) is 0 Å². The number of nitrogens with zero attached hydrogens (tertiary/aromatic N) is 3. The number of benzene rings is 3. The maximum Gasteiger partial charge on any atom is 0.167 e. The average molecular weight is 440 g/mol. The molecule has 0 aliphatic carbocycles. The van der Waals surface area contributed by atoms with Crippen molar-refractivity contribution < 1.29 is 14.3 Å². The van der Waals surface area contributed by atoms with Crippen molar-refractivity contribution >= 4 is 28.2 Å². The van der Waals surface area contributed by atoms with Gasteiger partial charge in [0, 0.05) is 41.7 Å². The summed E-state index contributed by atoms with van der Waals surface area (Å²) in [5.74, 6) is 0.131. The number of anilines is 1. The summed E-state index contributed by atoms with van der Waals surface area (Å²) in [6.45, 7) is 4.79. The van der Waals surface area contributed by atoms with Crippen molar-refractivity contribution in [2.45, 2.75) is 13.3 Å². The molecule has 4 aromatic rings. The fourth-order valence-corrected chi connectivity index (χ4v) is 4.20. The van der Waals surface area contributed by atoms with Gasteiger partial charge >= 0.3 is 0 Å². The van der Waals surface area contributed by atoms with E-state index in [0.717, 1.165) is 54.1 Å². The Morgan fingerprint density at radius 1 is 0.879 bits per heavy atom. The van der Waals surface area contributed by atoms with Crippen molar-refractivity contribution in [3.8, 4) is 5.69 Å². The first-order valence-corrected chi connectivity index (χ1v) is 11.1. The molecule has 6 nitrogen and oxygen atoms in total. The van der Waals surface area contributed by atoms with E-state index in [4.69, 9.17) is 4.74 Å². The van der Waals surface area contributed by atoms with Gasteiger partial charge in [0.25, 0.3) is 0 Å². The molecule has 0 N–H and O–H groups in total. The highest BCUT2D eigenvalue weighted by Crippen LogP contribution is 2.22. The molecule has 0 bridgehead atoms. The van der Waals surface area contributed by atoms with Crippen LogP contribution in [0.3, 0.4) is 0 Å². The van der Waals surface area contributed by atoms with Gasteiger partial charge in [-0.05, 0) is 73.2 Å². The van der Waals surface area contributed by atoms with Crippen molar-refractivity contribution in [1.29, 1.82) is 0 Å². The van der Waals surface area contributed by atoms with Crippen LogP contribution >= 0.6 is 0 Å². The lowest BCUT2D eigenvalue weighted by molar-refractivity contribution is 0.0990. The lowest BCUT2D eigenvalue weighted by Crippen LogP contribution is -2.36. The van der Waals surface area contributed by atoms with Crippen LogP contribution in [0.15, 0.2) is 72.9 Å². The number of morpholine rings is 1. The number of Topliss-reactive ketones (excluding diaryl/α,β-unsaturated/α-hetero) is 2. The second kappa shape index (κ2) is 9.00. The summed E-state index contributed by atoms with van der Waals surface area (Å²) < 4.78 is 7.25. The minimum atomic E-state index is 0.0388. The zero-order valence-electron chi connectivity index (χ0n) is 18.5. The van der Waals surface area contributed by atoms with E-state index in [0.29, 0.717) is 17.5 Å². The summed E-state index contributed by atoms with van der Waals surface area (Å²) in [4.78, 5) is 26.7. The van der Waals surface area contributed by atoms with E-state index in [1.54, 1.807) is 13.1 Å². The van der Waals surface area contributed by atoms with Gasteiger partial charge in [-0.25, -0.2) is 4.68 Å². The second-order valence-electron chi connectivity index (χ2n) is 8.30. The molecule has 0 spiro atoms. The zero-order chi connectivity index (χ0) is 22.8. The van der Waals surface area contributed by atoms with Crippen LogP contribution in [0.4, 0.5) is 5.69 Å². The Bertz CT molecular complexity index is 1300. The lowest BCUT2D eigenvalue weighted by atomic mass is 10.0. The van der Waals surface area contributed by atoms with Gasteiger partial charge in [-0.15, -0.1) is 0 Å². The van der Waals surface area contributed by atoms with Crippen molar-refractivity contribution in [3.63, 3.8) is 0 Å². The predicted molar refractivity (Wildman–Crippen MR) is 129 cm³/mol. The minimum Gasteiger partial charge on any atom is -0.378 e. The maximum atomic E-state index is 12.9. The maximum absolute atomic E-state index is 12.9. The second-order valence-corrected chi connectivity index (χ2v) is 8.30. The fourth-order valence-electron chi connectivity index (χ4n) is 4.20. The summed E-state index contributed by atoms with van der Waals surface area (Å²) in [6, 6.07) is 21.2. The van der Waals surface area contributed by atoms with Crippen molar-refractivity contribution in [2.24, 2.45) is 0 Å². The number of fused-ring (bicyclic) bond motifs is 1. The molecule has 0 unspecified atom stereocenters. The highest BCUT2D eigenvalue weighted by atomic mass is 16.5. The van der Waals surface area contributed by atoms with E-state index in [9.17, 15) is 9.59 Å². The van der Waals surface area contributed by atoms with Crippen LogP contribution in [0.2, 0.25) is 0 Å². The minimum absolute atomic E-state index is 0.0388. The number of carbonyl (C=O) groups is 2. The van der Waals surface area contributed by atoms with E-state index in [1.165, 1.54) is 0 Å². The van der Waals surface area contributed by atoms with E-state index < -0.39 is 0 Å². The zero-order valence-corrected chi connectivity index (χ0v) is 18.5. The molecule has 1 saturated heterocycles. The van der Waals surface area contributed by atoms with E-state index in [1.807, 2.05) is 71.4 Å². The summed E-state index contributed by atoms with van der Waals surface area (Å²) in [5, 5.41) is 5.48. The third kappa shape index (κ3) is 4.43. The van der Waals surface area contributed by atoms with Gasteiger partial charge in [0.15, 0.2) is 11.6 Å². The highest BCUT2D eigenvalue weighted by molar-refractivity contribution is 5.98. The summed E-state index contributed by atoms with van der Waals surface area (Å²) >= 11 is 0. The predicted octanol–water partition coefficient (Wildman–Crippen LogP) is 4.49. The molecule has 0 saturated carbocycles. The van der Waals surface area contributed by atoms with Crippen molar-refractivity contribution in [2.75, 3.05) is 31.2 Å². The molecule has 0 atom stereocenters. The number of rotatable bonds is 6. The fraction of sp³-hybridized carbons (Fsp3) is 0.222. The van der Waals surface area contributed by atoms with Crippen LogP contribution in [0.25, 0.3) is 16.6 Å². The highest BCUT2D eigenvalue weighted by Gasteiger charge is 2.13. The topological polar surface area (TPSA) is 64.4 Å². The van der Waals surface area contributed by atoms with Crippen LogP contribution in [-0.4, -0.2) is 47.7 Å². The molecule has 3 aromatic carbocycles. The quantitative estimate of drug-likeness (QED) is 0.414. The van der Waals surface area contributed by atoms with E-state index >= 15 is 0 Å². The molecular weight excluding hydrogens is 414 g/mol. The lowest BCUT2D eigenvalue weighted by Gasteiger charge is -2.28. The molecule has 1 aliphatic heterocycles. The molecule has 33 heavy (non-hydrogen) atoms. The van der Waals surface area contributed by atoms with Crippen molar-refractivity contribution in [1.82, 2.24) is 9.78 Å². The smallest absolute Gasteiger partial charge is 0.167 e. The Balaban J connectivity index is 1.31. The molecule has 5 rings (SSSR count).